The number of halogens is 3. The molecular weight excluding hydrogens is 189 g/mol. The van der Waals surface area contributed by atoms with E-state index in [9.17, 15) is 13.2 Å². The smallest absolute Gasteiger partial charge is 0.361 e. The number of nitrogens with one attached hydrogen (secondary N) is 1. The third kappa shape index (κ3) is 3.34. The van der Waals surface area contributed by atoms with Crippen LogP contribution in [0.4, 0.5) is 13.2 Å². The minimum atomic E-state index is -4.11. The molecule has 6 heteroatoms. The standard InChI is InChI=1S/C6H9F3N2S/c1-4-2-10-5(11-4)12-3-6(7,8)9/h4H,2-3H2,1H3,(H,10,11). The molecule has 2 nitrogen and oxygen atoms in total. The van der Waals surface area contributed by atoms with E-state index in [0.717, 1.165) is 0 Å². The van der Waals surface area contributed by atoms with Crippen LogP contribution in [0.5, 0.6) is 0 Å². The zero-order valence-electron chi connectivity index (χ0n) is 6.48. The molecule has 1 unspecified atom stereocenters. The molecule has 0 spiro atoms. The van der Waals surface area contributed by atoms with Crippen molar-refractivity contribution in [1.82, 2.24) is 5.32 Å². The van der Waals surface area contributed by atoms with Gasteiger partial charge in [-0.05, 0) is 6.92 Å². The van der Waals surface area contributed by atoms with Crippen LogP contribution < -0.4 is 5.32 Å². The van der Waals surface area contributed by atoms with Crippen LogP contribution in [0.15, 0.2) is 4.99 Å². The zero-order valence-corrected chi connectivity index (χ0v) is 7.30. The van der Waals surface area contributed by atoms with E-state index in [2.05, 4.69) is 10.3 Å². The first-order chi connectivity index (χ1) is 5.47. The Morgan fingerprint density at radius 1 is 1.67 bits per heavy atom. The Labute approximate surface area is 72.6 Å². The second kappa shape index (κ2) is 3.55. The predicted molar refractivity (Wildman–Crippen MR) is 43.4 cm³/mol. The van der Waals surface area contributed by atoms with E-state index in [-0.39, 0.29) is 6.04 Å². The molecule has 0 aromatic carbocycles. The van der Waals surface area contributed by atoms with Gasteiger partial charge in [-0.3, -0.25) is 4.99 Å². The third-order valence-corrected chi connectivity index (χ3v) is 2.24. The van der Waals surface area contributed by atoms with Gasteiger partial charge in [-0.2, -0.15) is 13.2 Å². The predicted octanol–water partition coefficient (Wildman–Crippen LogP) is 1.63. The first-order valence-electron chi connectivity index (χ1n) is 3.48. The Hall–Kier alpha value is -0.390. The summed E-state index contributed by atoms with van der Waals surface area (Å²) in [6, 6.07) is 0.167. The SMILES string of the molecule is CC1CN=C(SCC(F)(F)F)N1. The molecule has 70 valence electrons. The van der Waals surface area contributed by atoms with Crippen molar-refractivity contribution in [2.45, 2.75) is 19.1 Å². The number of hydrogen-bond acceptors (Lipinski definition) is 3. The molecule has 0 amide bonds. The largest absolute Gasteiger partial charge is 0.398 e. The average Bonchev–Trinajstić information content (AvgIpc) is 2.30. The van der Waals surface area contributed by atoms with Crippen LogP contribution in [0.3, 0.4) is 0 Å². The van der Waals surface area contributed by atoms with Crippen LogP contribution in [0.1, 0.15) is 6.92 Å². The fraction of sp³-hybridized carbons (Fsp3) is 0.833. The maximum absolute atomic E-state index is 11.7. The van der Waals surface area contributed by atoms with Crippen LogP contribution in [0, 0.1) is 0 Å². The van der Waals surface area contributed by atoms with Gasteiger partial charge in [-0.25, -0.2) is 0 Å². The maximum Gasteiger partial charge on any atom is 0.398 e. The number of nitrogens with zero attached hydrogens (tertiary/aromatic N) is 1. The molecule has 0 radical (unpaired) electrons. The highest BCUT2D eigenvalue weighted by Crippen LogP contribution is 2.22. The van der Waals surface area contributed by atoms with Gasteiger partial charge in [0.15, 0.2) is 5.17 Å². The summed E-state index contributed by atoms with van der Waals surface area (Å²) in [6.07, 6.45) is -4.11. The lowest BCUT2D eigenvalue weighted by Crippen LogP contribution is -2.26. The van der Waals surface area contributed by atoms with Gasteiger partial charge >= 0.3 is 6.18 Å². The van der Waals surface area contributed by atoms with Crippen molar-refractivity contribution in [3.63, 3.8) is 0 Å². The van der Waals surface area contributed by atoms with Crippen molar-refractivity contribution in [2.24, 2.45) is 4.99 Å². The Morgan fingerprint density at radius 2 is 2.33 bits per heavy atom. The molecule has 1 N–H and O–H groups in total. The van der Waals surface area contributed by atoms with Gasteiger partial charge in [0, 0.05) is 6.04 Å². The summed E-state index contributed by atoms with van der Waals surface area (Å²) in [5.41, 5.74) is 0. The van der Waals surface area contributed by atoms with Crippen molar-refractivity contribution >= 4 is 16.9 Å². The van der Waals surface area contributed by atoms with Crippen LogP contribution in [0.2, 0.25) is 0 Å². The quantitative estimate of drug-likeness (QED) is 0.692. The molecule has 0 aliphatic carbocycles. The van der Waals surface area contributed by atoms with Crippen molar-refractivity contribution in [1.29, 1.82) is 0 Å². The van der Waals surface area contributed by atoms with Gasteiger partial charge < -0.3 is 5.32 Å². The molecule has 0 saturated carbocycles. The van der Waals surface area contributed by atoms with E-state index < -0.39 is 11.9 Å². The maximum atomic E-state index is 11.7. The van der Waals surface area contributed by atoms with E-state index in [1.807, 2.05) is 6.92 Å². The lowest BCUT2D eigenvalue weighted by Gasteiger charge is -2.07. The second-order valence-electron chi connectivity index (χ2n) is 2.60. The van der Waals surface area contributed by atoms with Gasteiger partial charge in [0.25, 0.3) is 0 Å². The van der Waals surface area contributed by atoms with Crippen molar-refractivity contribution in [2.75, 3.05) is 12.3 Å². The monoisotopic (exact) mass is 198 g/mol. The van der Waals surface area contributed by atoms with Gasteiger partial charge in [0.05, 0.1) is 12.3 Å². The molecular formula is C6H9F3N2S. The molecule has 12 heavy (non-hydrogen) atoms. The number of alkyl halides is 3. The Bertz CT molecular complexity index is 190. The van der Waals surface area contributed by atoms with Crippen LogP contribution >= 0.6 is 11.8 Å². The molecule has 0 saturated heterocycles. The summed E-state index contributed by atoms with van der Waals surface area (Å²) in [5, 5.41) is 3.24. The van der Waals surface area contributed by atoms with E-state index in [1.54, 1.807) is 0 Å². The molecule has 0 aromatic heterocycles. The summed E-state index contributed by atoms with van der Waals surface area (Å²) in [5.74, 6) is -0.869. The first kappa shape index (κ1) is 9.70. The van der Waals surface area contributed by atoms with Crippen LogP contribution in [0.25, 0.3) is 0 Å². The van der Waals surface area contributed by atoms with E-state index in [4.69, 9.17) is 0 Å². The zero-order chi connectivity index (χ0) is 9.19. The van der Waals surface area contributed by atoms with E-state index >= 15 is 0 Å². The van der Waals surface area contributed by atoms with Crippen molar-refractivity contribution < 1.29 is 13.2 Å². The molecule has 0 bridgehead atoms. The minimum Gasteiger partial charge on any atom is -0.361 e. The lowest BCUT2D eigenvalue weighted by molar-refractivity contribution is -0.105. The first-order valence-corrected chi connectivity index (χ1v) is 4.46. The van der Waals surface area contributed by atoms with Crippen LogP contribution in [-0.4, -0.2) is 29.7 Å². The van der Waals surface area contributed by atoms with Gasteiger partial charge in [0.1, 0.15) is 0 Å². The van der Waals surface area contributed by atoms with E-state index in [1.165, 1.54) is 0 Å². The molecule has 1 aliphatic heterocycles. The molecule has 0 aromatic rings. The third-order valence-electron chi connectivity index (χ3n) is 1.25. The van der Waals surface area contributed by atoms with E-state index in [0.29, 0.717) is 23.5 Å². The Morgan fingerprint density at radius 3 is 2.75 bits per heavy atom. The van der Waals surface area contributed by atoms with Gasteiger partial charge in [0.2, 0.25) is 0 Å². The fourth-order valence-corrected chi connectivity index (χ4v) is 1.51. The van der Waals surface area contributed by atoms with Crippen LogP contribution in [-0.2, 0) is 0 Å². The summed E-state index contributed by atoms with van der Waals surface area (Å²) in [6.45, 7) is 2.45. The number of aliphatic imine (C=N–C) groups is 1. The number of rotatable bonds is 1. The summed E-state index contributed by atoms with van der Waals surface area (Å²) >= 11 is 0.709. The second-order valence-corrected chi connectivity index (χ2v) is 3.56. The highest BCUT2D eigenvalue weighted by atomic mass is 32.2. The number of amidine groups is 1. The lowest BCUT2D eigenvalue weighted by atomic mass is 10.4. The van der Waals surface area contributed by atoms with Crippen molar-refractivity contribution in [3.8, 4) is 0 Å². The Kier molecular flexibility index (Phi) is 2.87. The molecule has 1 atom stereocenters. The molecule has 1 aliphatic rings. The minimum absolute atomic E-state index is 0.167. The molecule has 0 fully saturated rings. The fourth-order valence-electron chi connectivity index (χ4n) is 0.759. The topological polar surface area (TPSA) is 24.4 Å². The number of thioether (sulfide) groups is 1. The summed E-state index contributed by atoms with van der Waals surface area (Å²) in [4.78, 5) is 3.89. The highest BCUT2D eigenvalue weighted by Gasteiger charge is 2.29. The van der Waals surface area contributed by atoms with Gasteiger partial charge in [-0.15, -0.1) is 0 Å². The van der Waals surface area contributed by atoms with Gasteiger partial charge in [-0.1, -0.05) is 11.8 Å². The summed E-state index contributed by atoms with van der Waals surface area (Å²) in [7, 11) is 0. The van der Waals surface area contributed by atoms with Crippen molar-refractivity contribution in [3.05, 3.63) is 0 Å². The molecule has 1 rings (SSSR count). The highest BCUT2D eigenvalue weighted by molar-refractivity contribution is 8.13. The molecule has 1 heterocycles. The summed E-state index contributed by atoms with van der Waals surface area (Å²) < 4.78 is 35.1. The number of hydrogen-bond donors (Lipinski definition) is 1. The normalized spacial score (nSPS) is 23.7. The average molecular weight is 198 g/mol. The Balaban J connectivity index is 2.25.